The zero-order chi connectivity index (χ0) is 22.3. The summed E-state index contributed by atoms with van der Waals surface area (Å²) in [5.74, 6) is -1.82. The van der Waals surface area contributed by atoms with Crippen LogP contribution in [0.15, 0.2) is 60.7 Å². The third kappa shape index (κ3) is 5.48. The summed E-state index contributed by atoms with van der Waals surface area (Å²) in [5.41, 5.74) is 0.535. The van der Waals surface area contributed by atoms with E-state index >= 15 is 0 Å². The molecule has 0 saturated carbocycles. The lowest BCUT2D eigenvalue weighted by atomic mass is 9.92. The van der Waals surface area contributed by atoms with E-state index in [0.717, 1.165) is 17.7 Å². The van der Waals surface area contributed by atoms with Crippen molar-refractivity contribution >= 4 is 23.8 Å². The Morgan fingerprint density at radius 2 is 1.68 bits per heavy atom. The van der Waals surface area contributed by atoms with Gasteiger partial charge in [-0.3, -0.25) is 19.3 Å². The summed E-state index contributed by atoms with van der Waals surface area (Å²) in [6.07, 6.45) is 1.58. The Balaban J connectivity index is 1.41. The second-order valence-corrected chi connectivity index (χ2v) is 7.41. The Labute approximate surface area is 180 Å². The summed E-state index contributed by atoms with van der Waals surface area (Å²) < 4.78 is 4.93. The monoisotopic (exact) mass is 423 g/mol. The van der Waals surface area contributed by atoms with Crippen molar-refractivity contribution in [3.8, 4) is 0 Å². The molecule has 1 aliphatic heterocycles. The summed E-state index contributed by atoms with van der Waals surface area (Å²) in [7, 11) is 0. The van der Waals surface area contributed by atoms with Crippen molar-refractivity contribution in [3.63, 3.8) is 0 Å². The Morgan fingerprint density at radius 1 is 1.03 bits per heavy atom. The molecule has 1 fully saturated rings. The van der Waals surface area contributed by atoms with E-state index in [1.54, 1.807) is 37.3 Å². The molecule has 1 atom stereocenters. The minimum Gasteiger partial charge on any atom is -0.454 e. The highest BCUT2D eigenvalue weighted by molar-refractivity contribution is 6.08. The van der Waals surface area contributed by atoms with Crippen LogP contribution in [0.2, 0.25) is 0 Å². The molecule has 1 heterocycles. The number of urea groups is 1. The van der Waals surface area contributed by atoms with Crippen LogP contribution >= 0.6 is 0 Å². The number of aryl methyl sites for hydroxylation is 1. The molecule has 0 bridgehead atoms. The average Bonchev–Trinajstić information content (AvgIpc) is 3.00. The van der Waals surface area contributed by atoms with Crippen LogP contribution in [0.5, 0.6) is 0 Å². The van der Waals surface area contributed by atoms with Gasteiger partial charge in [0.05, 0.1) is 0 Å². The third-order valence-corrected chi connectivity index (χ3v) is 5.08. The summed E-state index contributed by atoms with van der Waals surface area (Å²) in [4.78, 5) is 49.7. The molecule has 0 spiro atoms. The fraction of sp³-hybridized carbons (Fsp3) is 0.304. The van der Waals surface area contributed by atoms with Gasteiger partial charge < -0.3 is 15.4 Å². The lowest BCUT2D eigenvalue weighted by molar-refractivity contribution is -0.151. The number of nitrogens with one attached hydrogen (secondary N) is 2. The number of esters is 1. The number of imide groups is 1. The van der Waals surface area contributed by atoms with Crippen molar-refractivity contribution in [1.82, 2.24) is 15.5 Å². The number of carbonyl (C=O) groups is 4. The number of amides is 4. The average molecular weight is 423 g/mol. The molecule has 1 saturated heterocycles. The van der Waals surface area contributed by atoms with Crippen molar-refractivity contribution in [3.05, 3.63) is 71.8 Å². The molecule has 2 aromatic carbocycles. The maximum absolute atomic E-state index is 12.8. The standard InChI is InChI=1S/C23H25N3O5/c1-23(18-12-6-3-7-13-18)21(29)26(22(30)25-23)15-20(28)31-16-19(27)24-14-8-11-17-9-4-2-5-10-17/h2-7,9-10,12-13H,8,11,14-16H2,1H3,(H,24,27)(H,25,30)/t23-/m1/s1. The first-order chi connectivity index (χ1) is 14.9. The highest BCUT2D eigenvalue weighted by Crippen LogP contribution is 2.28. The zero-order valence-electron chi connectivity index (χ0n) is 17.3. The molecule has 3 rings (SSSR count). The largest absolute Gasteiger partial charge is 0.454 e. The summed E-state index contributed by atoms with van der Waals surface area (Å²) in [6.45, 7) is 1.00. The second-order valence-electron chi connectivity index (χ2n) is 7.41. The molecule has 0 unspecified atom stereocenters. The fourth-order valence-corrected chi connectivity index (χ4v) is 3.34. The van der Waals surface area contributed by atoms with E-state index in [9.17, 15) is 19.2 Å². The number of carbonyl (C=O) groups excluding carboxylic acids is 4. The van der Waals surface area contributed by atoms with Crippen molar-refractivity contribution in [1.29, 1.82) is 0 Å². The quantitative estimate of drug-likeness (QED) is 0.363. The summed E-state index contributed by atoms with van der Waals surface area (Å²) in [6, 6.07) is 18.0. The number of benzene rings is 2. The van der Waals surface area contributed by atoms with Crippen molar-refractivity contribution in [2.45, 2.75) is 25.3 Å². The Kier molecular flexibility index (Phi) is 7.02. The highest BCUT2D eigenvalue weighted by atomic mass is 16.5. The summed E-state index contributed by atoms with van der Waals surface area (Å²) >= 11 is 0. The van der Waals surface area contributed by atoms with E-state index in [4.69, 9.17) is 4.74 Å². The maximum Gasteiger partial charge on any atom is 0.326 e. The van der Waals surface area contributed by atoms with Crippen LogP contribution in [-0.4, -0.2) is 48.4 Å². The predicted molar refractivity (Wildman–Crippen MR) is 113 cm³/mol. The van der Waals surface area contributed by atoms with Gasteiger partial charge in [0, 0.05) is 6.54 Å². The van der Waals surface area contributed by atoms with Gasteiger partial charge in [0.15, 0.2) is 6.61 Å². The van der Waals surface area contributed by atoms with Crippen molar-refractivity contribution in [2.75, 3.05) is 19.7 Å². The number of hydrogen-bond acceptors (Lipinski definition) is 5. The van der Waals surface area contributed by atoms with Crippen LogP contribution in [0.1, 0.15) is 24.5 Å². The molecule has 31 heavy (non-hydrogen) atoms. The molecule has 0 radical (unpaired) electrons. The molecule has 0 aliphatic carbocycles. The molecule has 2 aromatic rings. The van der Waals surface area contributed by atoms with Gasteiger partial charge in [-0.2, -0.15) is 0 Å². The van der Waals surface area contributed by atoms with Gasteiger partial charge in [0.2, 0.25) is 0 Å². The topological polar surface area (TPSA) is 105 Å². The van der Waals surface area contributed by atoms with Gasteiger partial charge in [-0.15, -0.1) is 0 Å². The van der Waals surface area contributed by atoms with E-state index in [-0.39, 0.29) is 0 Å². The van der Waals surface area contributed by atoms with Gasteiger partial charge in [-0.05, 0) is 30.9 Å². The minimum atomic E-state index is -1.26. The number of rotatable bonds is 9. The van der Waals surface area contributed by atoms with Crippen molar-refractivity contribution < 1.29 is 23.9 Å². The predicted octanol–water partition coefficient (Wildman–Crippen LogP) is 1.75. The Bertz CT molecular complexity index is 948. The van der Waals surface area contributed by atoms with Crippen LogP contribution in [0, 0.1) is 0 Å². The van der Waals surface area contributed by atoms with Gasteiger partial charge in [-0.25, -0.2) is 4.79 Å². The van der Waals surface area contributed by atoms with E-state index in [2.05, 4.69) is 10.6 Å². The van der Waals surface area contributed by atoms with E-state index in [1.807, 2.05) is 30.3 Å². The smallest absolute Gasteiger partial charge is 0.326 e. The molecule has 2 N–H and O–H groups in total. The lowest BCUT2D eigenvalue weighted by Gasteiger charge is -2.21. The van der Waals surface area contributed by atoms with Crippen LogP contribution in [-0.2, 0) is 31.1 Å². The van der Waals surface area contributed by atoms with E-state index < -0.39 is 42.5 Å². The first kappa shape index (κ1) is 22.0. The van der Waals surface area contributed by atoms with E-state index in [0.29, 0.717) is 12.1 Å². The van der Waals surface area contributed by atoms with Crippen LogP contribution < -0.4 is 10.6 Å². The second kappa shape index (κ2) is 9.88. The number of ether oxygens (including phenoxy) is 1. The fourth-order valence-electron chi connectivity index (χ4n) is 3.34. The van der Waals surface area contributed by atoms with Gasteiger partial charge in [-0.1, -0.05) is 60.7 Å². The molecular formula is C23H25N3O5. The highest BCUT2D eigenvalue weighted by Gasteiger charge is 2.49. The molecule has 8 heteroatoms. The maximum atomic E-state index is 12.8. The summed E-state index contributed by atoms with van der Waals surface area (Å²) in [5, 5.41) is 5.29. The lowest BCUT2D eigenvalue weighted by Crippen LogP contribution is -2.42. The molecule has 8 nitrogen and oxygen atoms in total. The normalized spacial score (nSPS) is 17.9. The molecule has 1 aliphatic rings. The molecule has 4 amide bonds. The number of nitrogens with zero attached hydrogens (tertiary/aromatic N) is 1. The van der Waals surface area contributed by atoms with Gasteiger partial charge in [0.25, 0.3) is 11.8 Å². The van der Waals surface area contributed by atoms with Gasteiger partial charge >= 0.3 is 12.0 Å². The Hall–Kier alpha value is -3.68. The first-order valence-electron chi connectivity index (χ1n) is 10.1. The van der Waals surface area contributed by atoms with E-state index in [1.165, 1.54) is 5.56 Å². The molecule has 0 aromatic heterocycles. The minimum absolute atomic E-state index is 0.437. The van der Waals surface area contributed by atoms with Crippen LogP contribution in [0.25, 0.3) is 0 Å². The number of hydrogen-bond donors (Lipinski definition) is 2. The zero-order valence-corrected chi connectivity index (χ0v) is 17.3. The Morgan fingerprint density at radius 3 is 2.35 bits per heavy atom. The van der Waals surface area contributed by atoms with Gasteiger partial charge in [0.1, 0.15) is 12.1 Å². The van der Waals surface area contributed by atoms with Crippen LogP contribution in [0.3, 0.4) is 0 Å². The molecule has 162 valence electrons. The third-order valence-electron chi connectivity index (χ3n) is 5.08. The SMILES string of the molecule is C[C@]1(c2ccccc2)NC(=O)N(CC(=O)OCC(=O)NCCCc2ccccc2)C1=O. The van der Waals surface area contributed by atoms with Crippen LogP contribution in [0.4, 0.5) is 4.79 Å². The molecular weight excluding hydrogens is 398 g/mol. The van der Waals surface area contributed by atoms with Crippen molar-refractivity contribution in [2.24, 2.45) is 0 Å². The first-order valence-corrected chi connectivity index (χ1v) is 10.1.